The summed E-state index contributed by atoms with van der Waals surface area (Å²) in [5, 5.41) is 9.45. The number of hydrogen-bond acceptors (Lipinski definition) is 4. The zero-order valence-electron chi connectivity index (χ0n) is 16.8. The number of halogens is 3. The van der Waals surface area contributed by atoms with Gasteiger partial charge >= 0.3 is 6.18 Å². The summed E-state index contributed by atoms with van der Waals surface area (Å²) in [6.07, 6.45) is -0.677. The second-order valence-electron chi connectivity index (χ2n) is 7.14. The summed E-state index contributed by atoms with van der Waals surface area (Å²) in [7, 11) is 0. The Morgan fingerprint density at radius 3 is 2.47 bits per heavy atom. The van der Waals surface area contributed by atoms with Gasteiger partial charge in [-0.15, -0.1) is 11.3 Å². The van der Waals surface area contributed by atoms with E-state index in [4.69, 9.17) is 0 Å². The molecule has 0 aliphatic carbocycles. The predicted octanol–water partition coefficient (Wildman–Crippen LogP) is 4.93. The second kappa shape index (κ2) is 9.35. The molecule has 0 saturated heterocycles. The molecule has 0 radical (unpaired) electrons. The number of hydrogen-bond donors (Lipinski definition) is 1. The first kappa shape index (κ1) is 21.8. The van der Waals surface area contributed by atoms with Gasteiger partial charge in [0, 0.05) is 29.9 Å². The molecule has 0 aliphatic heterocycles. The van der Waals surface area contributed by atoms with Gasteiger partial charge in [0.15, 0.2) is 0 Å². The van der Waals surface area contributed by atoms with E-state index in [0.717, 1.165) is 23.3 Å². The van der Waals surface area contributed by atoms with Crippen LogP contribution in [0.1, 0.15) is 22.4 Å². The predicted molar refractivity (Wildman–Crippen MR) is 116 cm³/mol. The van der Waals surface area contributed by atoms with Gasteiger partial charge in [0.25, 0.3) is 0 Å². The highest BCUT2D eigenvalue weighted by molar-refractivity contribution is 7.13. The highest BCUT2D eigenvalue weighted by Gasteiger charge is 2.30. The van der Waals surface area contributed by atoms with E-state index < -0.39 is 11.7 Å². The van der Waals surface area contributed by atoms with Crippen molar-refractivity contribution in [1.29, 1.82) is 0 Å². The fourth-order valence-corrected chi connectivity index (χ4v) is 4.02. The SMILES string of the molecule is O=C(Cc1csc(-c2ccc(C(F)(F)F)cc2)n1)NCc1ccccc1Cn1cccn1. The summed E-state index contributed by atoms with van der Waals surface area (Å²) >= 11 is 1.29. The van der Waals surface area contributed by atoms with Crippen LogP contribution in [0.5, 0.6) is 0 Å². The molecule has 2 aromatic heterocycles. The van der Waals surface area contributed by atoms with E-state index >= 15 is 0 Å². The average Bonchev–Trinajstić information content (AvgIpc) is 3.45. The van der Waals surface area contributed by atoms with Crippen LogP contribution in [-0.2, 0) is 30.5 Å². The first-order valence-electron chi connectivity index (χ1n) is 9.81. The third-order valence-electron chi connectivity index (χ3n) is 4.84. The molecule has 9 heteroatoms. The Kier molecular flexibility index (Phi) is 6.36. The van der Waals surface area contributed by atoms with Crippen molar-refractivity contribution >= 4 is 17.2 Å². The number of amides is 1. The van der Waals surface area contributed by atoms with Crippen molar-refractivity contribution < 1.29 is 18.0 Å². The number of alkyl halides is 3. The summed E-state index contributed by atoms with van der Waals surface area (Å²) in [5.41, 5.74) is 2.52. The van der Waals surface area contributed by atoms with Crippen molar-refractivity contribution in [1.82, 2.24) is 20.1 Å². The maximum absolute atomic E-state index is 12.7. The minimum Gasteiger partial charge on any atom is -0.352 e. The average molecular weight is 456 g/mol. The standard InChI is InChI=1S/C23H19F3N4OS/c24-23(25,26)19-8-6-16(7-9-19)22-29-20(15-32-22)12-21(31)27-13-17-4-1-2-5-18(17)14-30-11-3-10-28-30/h1-11,15H,12-14H2,(H,27,31). The molecule has 0 spiro atoms. The fraction of sp³-hybridized carbons (Fsp3) is 0.174. The van der Waals surface area contributed by atoms with Crippen LogP contribution in [0.15, 0.2) is 72.4 Å². The van der Waals surface area contributed by atoms with Crippen LogP contribution >= 0.6 is 11.3 Å². The molecule has 0 fully saturated rings. The van der Waals surface area contributed by atoms with Crippen molar-refractivity contribution in [3.8, 4) is 10.6 Å². The lowest BCUT2D eigenvalue weighted by atomic mass is 10.1. The molecule has 4 rings (SSSR count). The van der Waals surface area contributed by atoms with Crippen molar-refractivity contribution in [2.45, 2.75) is 25.7 Å². The lowest BCUT2D eigenvalue weighted by Crippen LogP contribution is -2.25. The maximum Gasteiger partial charge on any atom is 0.416 e. The van der Waals surface area contributed by atoms with Crippen LogP contribution in [0.4, 0.5) is 13.2 Å². The van der Waals surface area contributed by atoms with E-state index in [2.05, 4.69) is 15.4 Å². The van der Waals surface area contributed by atoms with E-state index in [1.807, 2.05) is 41.2 Å². The number of thiazole rings is 1. The minimum absolute atomic E-state index is 0.0957. The largest absolute Gasteiger partial charge is 0.416 e. The molecule has 5 nitrogen and oxygen atoms in total. The minimum atomic E-state index is -4.37. The Labute approximate surface area is 186 Å². The number of nitrogens with one attached hydrogen (secondary N) is 1. The van der Waals surface area contributed by atoms with Crippen LogP contribution in [-0.4, -0.2) is 20.7 Å². The lowest BCUT2D eigenvalue weighted by molar-refractivity contribution is -0.137. The van der Waals surface area contributed by atoms with E-state index in [0.29, 0.717) is 29.4 Å². The number of carbonyl (C=O) groups is 1. The second-order valence-corrected chi connectivity index (χ2v) is 8.00. The molecule has 0 atom stereocenters. The van der Waals surface area contributed by atoms with E-state index in [-0.39, 0.29) is 12.3 Å². The number of carbonyl (C=O) groups excluding carboxylic acids is 1. The van der Waals surface area contributed by atoms with Crippen molar-refractivity contribution in [2.24, 2.45) is 0 Å². The molecule has 0 unspecified atom stereocenters. The van der Waals surface area contributed by atoms with Crippen LogP contribution in [0.3, 0.4) is 0 Å². The van der Waals surface area contributed by atoms with Crippen LogP contribution in [0, 0.1) is 0 Å². The molecule has 2 aromatic carbocycles. The Morgan fingerprint density at radius 2 is 1.78 bits per heavy atom. The Bertz CT molecular complexity index is 1180. The lowest BCUT2D eigenvalue weighted by Gasteiger charge is -2.10. The van der Waals surface area contributed by atoms with Crippen molar-refractivity contribution in [3.05, 3.63) is 94.8 Å². The molecule has 0 saturated carbocycles. The molecule has 164 valence electrons. The van der Waals surface area contributed by atoms with E-state index in [9.17, 15) is 18.0 Å². The van der Waals surface area contributed by atoms with Crippen molar-refractivity contribution in [2.75, 3.05) is 0 Å². The van der Waals surface area contributed by atoms with Gasteiger partial charge in [0.1, 0.15) is 5.01 Å². The highest BCUT2D eigenvalue weighted by atomic mass is 32.1. The number of rotatable bonds is 7. The molecule has 1 amide bonds. The summed E-state index contributed by atoms with van der Waals surface area (Å²) < 4.78 is 40.0. The molecule has 1 N–H and O–H groups in total. The fourth-order valence-electron chi connectivity index (χ4n) is 3.20. The molecule has 32 heavy (non-hydrogen) atoms. The van der Waals surface area contributed by atoms with Gasteiger partial charge in [-0.2, -0.15) is 18.3 Å². The summed E-state index contributed by atoms with van der Waals surface area (Å²) in [4.78, 5) is 16.8. The molecular weight excluding hydrogens is 437 g/mol. The molecule has 0 aliphatic rings. The molecular formula is C23H19F3N4OS. The van der Waals surface area contributed by atoms with Crippen LogP contribution < -0.4 is 5.32 Å². The summed E-state index contributed by atoms with van der Waals surface area (Å²) in [5.74, 6) is -0.178. The molecule has 4 aromatic rings. The van der Waals surface area contributed by atoms with Gasteiger partial charge in [-0.25, -0.2) is 4.98 Å². The number of benzene rings is 2. The number of nitrogens with zero attached hydrogens (tertiary/aromatic N) is 3. The normalized spacial score (nSPS) is 11.5. The van der Waals surface area contributed by atoms with Gasteiger partial charge < -0.3 is 5.32 Å². The van der Waals surface area contributed by atoms with Gasteiger partial charge in [0.05, 0.1) is 24.2 Å². The Morgan fingerprint density at radius 1 is 1.03 bits per heavy atom. The van der Waals surface area contributed by atoms with Gasteiger partial charge in [-0.05, 0) is 29.3 Å². The van der Waals surface area contributed by atoms with Crippen LogP contribution in [0.2, 0.25) is 0 Å². The summed E-state index contributed by atoms with van der Waals surface area (Å²) in [6.45, 7) is 0.994. The summed E-state index contributed by atoms with van der Waals surface area (Å²) in [6, 6.07) is 14.5. The first-order chi connectivity index (χ1) is 15.4. The maximum atomic E-state index is 12.7. The van der Waals surface area contributed by atoms with Crippen LogP contribution in [0.25, 0.3) is 10.6 Å². The quantitative estimate of drug-likeness (QED) is 0.429. The van der Waals surface area contributed by atoms with Crippen molar-refractivity contribution in [3.63, 3.8) is 0 Å². The first-order valence-corrected chi connectivity index (χ1v) is 10.7. The third kappa shape index (κ3) is 5.42. The van der Waals surface area contributed by atoms with E-state index in [1.54, 1.807) is 11.6 Å². The van der Waals surface area contributed by atoms with E-state index in [1.165, 1.54) is 23.5 Å². The Hall–Kier alpha value is -3.46. The molecule has 0 bridgehead atoms. The highest BCUT2D eigenvalue weighted by Crippen LogP contribution is 2.31. The van der Waals surface area contributed by atoms with Gasteiger partial charge in [-0.3, -0.25) is 9.48 Å². The Balaban J connectivity index is 1.35. The van der Waals surface area contributed by atoms with Gasteiger partial charge in [-0.1, -0.05) is 36.4 Å². The topological polar surface area (TPSA) is 59.8 Å². The molecule has 2 heterocycles. The zero-order valence-corrected chi connectivity index (χ0v) is 17.7. The smallest absolute Gasteiger partial charge is 0.352 e. The number of aromatic nitrogens is 3. The monoisotopic (exact) mass is 456 g/mol. The van der Waals surface area contributed by atoms with Gasteiger partial charge in [0.2, 0.25) is 5.91 Å². The third-order valence-corrected chi connectivity index (χ3v) is 5.78. The zero-order chi connectivity index (χ0) is 22.6.